The van der Waals surface area contributed by atoms with Gasteiger partial charge in [0.1, 0.15) is 11.5 Å². The van der Waals surface area contributed by atoms with Crippen molar-refractivity contribution in [3.8, 4) is 5.75 Å². The van der Waals surface area contributed by atoms with E-state index >= 15 is 0 Å². The van der Waals surface area contributed by atoms with Crippen molar-refractivity contribution in [3.05, 3.63) is 47.1 Å². The molecule has 2 heteroatoms. The molecule has 1 aromatic carbocycles. The van der Waals surface area contributed by atoms with Gasteiger partial charge in [-0.2, -0.15) is 0 Å². The van der Waals surface area contributed by atoms with Crippen LogP contribution in [0.3, 0.4) is 0 Å². The van der Waals surface area contributed by atoms with E-state index in [1.54, 1.807) is 7.11 Å². The number of rotatable bonds is 2. The van der Waals surface area contributed by atoms with E-state index in [4.69, 9.17) is 4.74 Å². The van der Waals surface area contributed by atoms with E-state index < -0.39 is 0 Å². The lowest BCUT2D eigenvalue weighted by Crippen LogP contribution is -1.99. The van der Waals surface area contributed by atoms with Crippen molar-refractivity contribution in [3.63, 3.8) is 0 Å². The van der Waals surface area contributed by atoms with Crippen molar-refractivity contribution in [1.29, 1.82) is 0 Å². The van der Waals surface area contributed by atoms with Gasteiger partial charge in [0.2, 0.25) is 0 Å². The molecule has 0 unspecified atom stereocenters. The fourth-order valence-corrected chi connectivity index (χ4v) is 3.09. The number of carbonyl (C=O) groups is 1. The van der Waals surface area contributed by atoms with E-state index in [1.165, 1.54) is 22.3 Å². The summed E-state index contributed by atoms with van der Waals surface area (Å²) in [6.45, 7) is 0. The summed E-state index contributed by atoms with van der Waals surface area (Å²) in [5, 5.41) is 0. The van der Waals surface area contributed by atoms with Crippen LogP contribution in [0, 0.1) is 0 Å². The number of ether oxygens (including phenoxy) is 1. The number of methoxy groups -OCH3 is 1. The number of carbonyl (C=O) groups excluding carboxylic acids is 1. The van der Waals surface area contributed by atoms with E-state index in [9.17, 15) is 4.79 Å². The van der Waals surface area contributed by atoms with E-state index in [-0.39, 0.29) is 0 Å². The van der Waals surface area contributed by atoms with Crippen LogP contribution in [0.5, 0.6) is 5.75 Å². The van der Waals surface area contributed by atoms with Gasteiger partial charge in [0.15, 0.2) is 0 Å². The summed E-state index contributed by atoms with van der Waals surface area (Å²) >= 11 is 0. The number of Topliss-reactive ketones (excluding diaryl/α,β-unsaturated/α-hetero) is 1. The fourth-order valence-electron chi connectivity index (χ4n) is 3.09. The third-order valence-corrected chi connectivity index (χ3v) is 4.37. The molecule has 0 amide bonds. The highest BCUT2D eigenvalue weighted by atomic mass is 16.5. The first-order chi connectivity index (χ1) is 9.76. The first kappa shape index (κ1) is 13.2. The Bertz CT molecular complexity index is 576. The summed E-state index contributed by atoms with van der Waals surface area (Å²) in [5.74, 6) is 1.32. The van der Waals surface area contributed by atoms with Crippen LogP contribution in [-0.2, 0) is 4.79 Å². The van der Waals surface area contributed by atoms with E-state index in [1.807, 2.05) is 12.1 Å². The Morgan fingerprint density at radius 3 is 2.35 bits per heavy atom. The molecular weight excluding hydrogens is 248 g/mol. The zero-order valence-electron chi connectivity index (χ0n) is 11.9. The van der Waals surface area contributed by atoms with Crippen molar-refractivity contribution in [2.75, 3.05) is 7.11 Å². The molecule has 0 aromatic heterocycles. The second kappa shape index (κ2) is 5.66. The molecule has 1 aromatic rings. The Kier molecular flexibility index (Phi) is 3.72. The topological polar surface area (TPSA) is 26.3 Å². The summed E-state index contributed by atoms with van der Waals surface area (Å²) in [6.07, 6.45) is 7.76. The van der Waals surface area contributed by atoms with Crippen molar-refractivity contribution in [2.45, 2.75) is 38.5 Å². The minimum absolute atomic E-state index is 0.422. The minimum Gasteiger partial charge on any atom is -0.497 e. The van der Waals surface area contributed by atoms with Crippen LogP contribution < -0.4 is 4.74 Å². The maximum atomic E-state index is 11.6. The molecular formula is C18H20O2. The molecule has 3 rings (SSSR count). The Morgan fingerprint density at radius 2 is 1.65 bits per heavy atom. The zero-order chi connectivity index (χ0) is 13.9. The maximum absolute atomic E-state index is 11.6. The summed E-state index contributed by atoms with van der Waals surface area (Å²) in [4.78, 5) is 11.6. The lowest BCUT2D eigenvalue weighted by molar-refractivity contribution is -0.118. The van der Waals surface area contributed by atoms with Crippen molar-refractivity contribution in [1.82, 2.24) is 0 Å². The van der Waals surface area contributed by atoms with Gasteiger partial charge in [0.05, 0.1) is 7.11 Å². The molecule has 0 atom stereocenters. The van der Waals surface area contributed by atoms with Gasteiger partial charge in [0, 0.05) is 12.8 Å². The van der Waals surface area contributed by atoms with Gasteiger partial charge < -0.3 is 4.74 Å². The Labute approximate surface area is 120 Å². The molecule has 2 aliphatic carbocycles. The summed E-state index contributed by atoms with van der Waals surface area (Å²) < 4.78 is 5.20. The molecule has 0 spiro atoms. The van der Waals surface area contributed by atoms with Gasteiger partial charge in [-0.3, -0.25) is 4.79 Å². The van der Waals surface area contributed by atoms with Gasteiger partial charge in [-0.15, -0.1) is 0 Å². The molecule has 0 radical (unpaired) electrons. The molecule has 2 nitrogen and oxygen atoms in total. The molecule has 0 N–H and O–H groups in total. The van der Waals surface area contributed by atoms with E-state index in [0.29, 0.717) is 5.78 Å². The first-order valence-electron chi connectivity index (χ1n) is 7.31. The van der Waals surface area contributed by atoms with Gasteiger partial charge in [-0.1, -0.05) is 29.4 Å². The second-order valence-corrected chi connectivity index (χ2v) is 5.58. The van der Waals surface area contributed by atoms with Crippen LogP contribution >= 0.6 is 0 Å². The standard InChI is InChI=1S/C18H20O2/c1-20-18-10-6-14(7-11-18)15-3-2-13-4-8-17(19)9-5-16(13)12-15/h3,6-7,10-11H,2,4-5,8-9,12H2,1H3. The summed E-state index contributed by atoms with van der Waals surface area (Å²) in [6, 6.07) is 8.27. The molecule has 0 aliphatic heterocycles. The number of benzene rings is 1. The highest BCUT2D eigenvalue weighted by molar-refractivity contribution is 5.80. The van der Waals surface area contributed by atoms with Crippen LogP contribution in [-0.4, -0.2) is 12.9 Å². The van der Waals surface area contributed by atoms with E-state index in [2.05, 4.69) is 18.2 Å². The van der Waals surface area contributed by atoms with Gasteiger partial charge in [0.25, 0.3) is 0 Å². The van der Waals surface area contributed by atoms with Crippen molar-refractivity contribution >= 4 is 11.4 Å². The monoisotopic (exact) mass is 268 g/mol. The van der Waals surface area contributed by atoms with E-state index in [0.717, 1.165) is 44.3 Å². The Hall–Kier alpha value is -1.83. The average molecular weight is 268 g/mol. The van der Waals surface area contributed by atoms with Crippen LogP contribution in [0.2, 0.25) is 0 Å². The molecule has 0 saturated heterocycles. The minimum atomic E-state index is 0.422. The van der Waals surface area contributed by atoms with Gasteiger partial charge in [-0.05, 0) is 49.0 Å². The van der Waals surface area contributed by atoms with Crippen LogP contribution in [0.4, 0.5) is 0 Å². The summed E-state index contributed by atoms with van der Waals surface area (Å²) in [7, 11) is 1.69. The van der Waals surface area contributed by atoms with Crippen LogP contribution in [0.25, 0.3) is 5.57 Å². The quantitative estimate of drug-likeness (QED) is 0.747. The third-order valence-electron chi connectivity index (χ3n) is 4.37. The number of allylic oxidation sites excluding steroid dienone is 4. The molecule has 0 saturated carbocycles. The first-order valence-corrected chi connectivity index (χ1v) is 7.31. The highest BCUT2D eigenvalue weighted by Gasteiger charge is 2.19. The zero-order valence-corrected chi connectivity index (χ0v) is 11.9. The molecule has 20 heavy (non-hydrogen) atoms. The molecule has 104 valence electrons. The molecule has 0 bridgehead atoms. The van der Waals surface area contributed by atoms with Gasteiger partial charge in [-0.25, -0.2) is 0 Å². The predicted molar refractivity (Wildman–Crippen MR) is 80.7 cm³/mol. The molecule has 0 fully saturated rings. The van der Waals surface area contributed by atoms with Crippen molar-refractivity contribution in [2.24, 2.45) is 0 Å². The largest absolute Gasteiger partial charge is 0.497 e. The normalized spacial score (nSPS) is 19.2. The lowest BCUT2D eigenvalue weighted by Gasteiger charge is -2.20. The van der Waals surface area contributed by atoms with Crippen LogP contribution in [0.1, 0.15) is 44.1 Å². The number of hydrogen-bond acceptors (Lipinski definition) is 2. The number of hydrogen-bond donors (Lipinski definition) is 0. The molecule has 0 heterocycles. The molecule has 2 aliphatic rings. The van der Waals surface area contributed by atoms with Gasteiger partial charge >= 0.3 is 0 Å². The Morgan fingerprint density at radius 1 is 0.950 bits per heavy atom. The third kappa shape index (κ3) is 2.69. The average Bonchev–Trinajstić information content (AvgIpc) is 2.69. The number of ketones is 1. The smallest absolute Gasteiger partial charge is 0.133 e. The maximum Gasteiger partial charge on any atom is 0.133 e. The Balaban J connectivity index is 1.77. The SMILES string of the molecule is COc1ccc(C2=CCC3=C(CCC(=O)CC3)C2)cc1. The second-order valence-electron chi connectivity index (χ2n) is 5.58. The fraction of sp³-hybridized carbons (Fsp3) is 0.389. The highest BCUT2D eigenvalue weighted by Crippen LogP contribution is 2.37. The summed E-state index contributed by atoms with van der Waals surface area (Å²) in [5.41, 5.74) is 5.67. The van der Waals surface area contributed by atoms with Crippen molar-refractivity contribution < 1.29 is 9.53 Å². The van der Waals surface area contributed by atoms with Crippen LogP contribution in [0.15, 0.2) is 41.5 Å². The lowest BCUT2D eigenvalue weighted by atomic mass is 9.86. The predicted octanol–water partition coefficient (Wildman–Crippen LogP) is 4.31.